The van der Waals surface area contributed by atoms with E-state index in [9.17, 15) is 9.59 Å². The molecule has 2 aromatic rings. The summed E-state index contributed by atoms with van der Waals surface area (Å²) in [6, 6.07) is 3.88. The number of aromatic nitrogens is 1. The molecule has 0 aliphatic heterocycles. The Kier molecular flexibility index (Phi) is 4.95. The molecule has 1 fully saturated rings. The van der Waals surface area contributed by atoms with Gasteiger partial charge in [0.05, 0.1) is 10.6 Å². The van der Waals surface area contributed by atoms with Gasteiger partial charge in [-0.05, 0) is 29.5 Å². The molecule has 0 spiro atoms. The number of carbonyl (C=O) groups is 2. The topological polar surface area (TPSA) is 49.9 Å². The average molecular weight is 423 g/mol. The van der Waals surface area contributed by atoms with Crippen LogP contribution in [0, 0.1) is 5.41 Å². The number of rotatable bonds is 2. The third-order valence-electron chi connectivity index (χ3n) is 4.58. The first-order valence-corrected chi connectivity index (χ1v) is 9.56. The van der Waals surface area contributed by atoms with E-state index in [1.807, 2.05) is 18.2 Å². The Labute approximate surface area is 160 Å². The van der Waals surface area contributed by atoms with Gasteiger partial charge in [-0.3, -0.25) is 9.59 Å². The van der Waals surface area contributed by atoms with E-state index in [2.05, 4.69) is 41.7 Å². The Morgan fingerprint density at radius 1 is 1.24 bits per heavy atom. The Morgan fingerprint density at radius 2 is 1.88 bits per heavy atom. The fourth-order valence-electron chi connectivity index (χ4n) is 3.32. The number of halogens is 2. The van der Waals surface area contributed by atoms with Crippen molar-refractivity contribution in [2.45, 2.75) is 46.0 Å². The molecule has 1 heterocycles. The Morgan fingerprint density at radius 3 is 2.48 bits per heavy atom. The Hall–Kier alpha value is -1.39. The quantitative estimate of drug-likeness (QED) is 0.479. The molecule has 0 saturated heterocycles. The van der Waals surface area contributed by atoms with Crippen molar-refractivity contribution in [1.82, 2.24) is 4.98 Å². The molecule has 1 aromatic carbocycles. The number of Topliss-reactive ketones (excluding diaryl/α,β-unsaturated/α-hetero) is 2. The van der Waals surface area contributed by atoms with Crippen molar-refractivity contribution < 1.29 is 9.59 Å². The number of hydrogen-bond acceptors (Lipinski definition) is 2. The highest BCUT2D eigenvalue weighted by Crippen LogP contribution is 2.42. The van der Waals surface area contributed by atoms with Crippen molar-refractivity contribution in [3.8, 4) is 0 Å². The Bertz CT molecular complexity index is 869. The molecule has 0 radical (unpaired) electrons. The minimum atomic E-state index is -0.154. The number of benzene rings is 1. The first-order valence-electron chi connectivity index (χ1n) is 8.39. The van der Waals surface area contributed by atoms with Crippen LogP contribution in [-0.2, 0) is 9.59 Å². The minimum absolute atomic E-state index is 0.0533. The van der Waals surface area contributed by atoms with Crippen molar-refractivity contribution >= 4 is 50.0 Å². The van der Waals surface area contributed by atoms with E-state index in [1.165, 1.54) is 0 Å². The summed E-state index contributed by atoms with van der Waals surface area (Å²) in [6.07, 6.45) is 4.94. The van der Waals surface area contributed by atoms with Gasteiger partial charge >= 0.3 is 0 Å². The molecule has 3 rings (SSSR count). The molecule has 1 aromatic heterocycles. The fourth-order valence-corrected chi connectivity index (χ4v) is 4.23. The van der Waals surface area contributed by atoms with E-state index < -0.39 is 0 Å². The maximum atomic E-state index is 12.6. The molecule has 1 N–H and O–H groups in total. The highest BCUT2D eigenvalue weighted by atomic mass is 79.9. The van der Waals surface area contributed by atoms with Gasteiger partial charge in [0, 0.05) is 40.3 Å². The molecule has 5 heteroatoms. The molecule has 0 amide bonds. The number of allylic oxidation sites excluding steroid dienone is 2. The monoisotopic (exact) mass is 421 g/mol. The molecular weight excluding hydrogens is 402 g/mol. The van der Waals surface area contributed by atoms with Crippen LogP contribution in [0.4, 0.5) is 0 Å². The Balaban J connectivity index is 1.96. The van der Waals surface area contributed by atoms with Crippen LogP contribution in [0.25, 0.3) is 10.9 Å². The van der Waals surface area contributed by atoms with Crippen LogP contribution < -0.4 is 0 Å². The summed E-state index contributed by atoms with van der Waals surface area (Å²) in [5.74, 6) is -0.291. The second kappa shape index (κ2) is 6.73. The standard InChI is InChI=1S/C20H21BrClNO2/c1-20(2,3)7-6-12-16(24)8-11(9-17(12)25)18-13(21)4-5-15-19(18)14(22)10-23-15/h4-6,10-11,23H,7-9H2,1-3H3. The van der Waals surface area contributed by atoms with Crippen LogP contribution in [-0.4, -0.2) is 16.6 Å². The number of aromatic amines is 1. The fraction of sp³-hybridized carbons (Fsp3) is 0.400. The van der Waals surface area contributed by atoms with Crippen molar-refractivity contribution in [3.05, 3.63) is 45.0 Å². The molecule has 3 nitrogen and oxygen atoms in total. The third kappa shape index (κ3) is 3.75. The first-order chi connectivity index (χ1) is 11.7. The molecular formula is C20H21BrClNO2. The lowest BCUT2D eigenvalue weighted by Gasteiger charge is -2.25. The molecule has 1 aliphatic carbocycles. The van der Waals surface area contributed by atoms with Crippen LogP contribution in [0.3, 0.4) is 0 Å². The number of hydrogen-bond donors (Lipinski definition) is 1. The molecule has 1 saturated carbocycles. The predicted octanol–water partition coefficient (Wildman–Crippen LogP) is 5.96. The van der Waals surface area contributed by atoms with Crippen LogP contribution in [0.5, 0.6) is 0 Å². The van der Waals surface area contributed by atoms with E-state index in [0.717, 1.165) is 20.9 Å². The van der Waals surface area contributed by atoms with E-state index in [0.29, 0.717) is 29.9 Å². The zero-order valence-corrected chi connectivity index (χ0v) is 16.9. The van der Waals surface area contributed by atoms with Crippen molar-refractivity contribution in [1.29, 1.82) is 0 Å². The van der Waals surface area contributed by atoms with E-state index in [4.69, 9.17) is 11.6 Å². The molecule has 0 bridgehead atoms. The first kappa shape index (κ1) is 18.4. The van der Waals surface area contributed by atoms with Gasteiger partial charge in [0.25, 0.3) is 0 Å². The number of fused-ring (bicyclic) bond motifs is 1. The molecule has 0 atom stereocenters. The van der Waals surface area contributed by atoms with Crippen molar-refractivity contribution in [2.75, 3.05) is 0 Å². The molecule has 25 heavy (non-hydrogen) atoms. The predicted molar refractivity (Wildman–Crippen MR) is 105 cm³/mol. The lowest BCUT2D eigenvalue weighted by molar-refractivity contribution is -0.124. The van der Waals surface area contributed by atoms with Gasteiger partial charge in [-0.25, -0.2) is 0 Å². The maximum absolute atomic E-state index is 12.6. The summed E-state index contributed by atoms with van der Waals surface area (Å²) < 4.78 is 0.884. The number of nitrogens with one attached hydrogen (secondary N) is 1. The second-order valence-corrected chi connectivity index (χ2v) is 9.12. The summed E-state index contributed by atoms with van der Waals surface area (Å²) >= 11 is 9.91. The molecule has 1 aliphatic rings. The minimum Gasteiger partial charge on any atom is -0.360 e. The summed E-state index contributed by atoms with van der Waals surface area (Å²) in [6.45, 7) is 6.28. The van der Waals surface area contributed by atoms with E-state index >= 15 is 0 Å². The van der Waals surface area contributed by atoms with Gasteiger partial charge in [-0.2, -0.15) is 0 Å². The maximum Gasteiger partial charge on any atom is 0.166 e. The lowest BCUT2D eigenvalue weighted by atomic mass is 9.78. The van der Waals surface area contributed by atoms with Gasteiger partial charge in [0.15, 0.2) is 11.6 Å². The lowest BCUT2D eigenvalue weighted by Crippen LogP contribution is -2.25. The number of carbonyl (C=O) groups excluding carboxylic acids is 2. The van der Waals surface area contributed by atoms with Crippen LogP contribution >= 0.6 is 27.5 Å². The third-order valence-corrected chi connectivity index (χ3v) is 5.57. The van der Waals surface area contributed by atoms with Gasteiger partial charge in [0.1, 0.15) is 0 Å². The van der Waals surface area contributed by atoms with Gasteiger partial charge < -0.3 is 4.98 Å². The zero-order chi connectivity index (χ0) is 18.4. The van der Waals surface area contributed by atoms with Crippen LogP contribution in [0.1, 0.15) is 51.5 Å². The molecule has 0 unspecified atom stereocenters. The van der Waals surface area contributed by atoms with E-state index in [-0.39, 0.29) is 22.9 Å². The second-order valence-electron chi connectivity index (χ2n) is 7.85. The number of H-pyrrole nitrogens is 1. The van der Waals surface area contributed by atoms with Crippen molar-refractivity contribution in [2.24, 2.45) is 5.41 Å². The van der Waals surface area contributed by atoms with E-state index in [1.54, 1.807) is 6.20 Å². The zero-order valence-electron chi connectivity index (χ0n) is 14.6. The largest absolute Gasteiger partial charge is 0.360 e. The highest BCUT2D eigenvalue weighted by Gasteiger charge is 2.33. The summed E-state index contributed by atoms with van der Waals surface area (Å²) in [4.78, 5) is 28.4. The molecule has 132 valence electrons. The normalized spacial score (nSPS) is 18.9. The SMILES string of the molecule is CC(C)(C)CC=C1C(=O)CC(c2c(Br)ccc3[nH]cc(Cl)c23)CC1=O. The smallest absolute Gasteiger partial charge is 0.166 e. The van der Waals surface area contributed by atoms with Crippen LogP contribution in [0.2, 0.25) is 5.02 Å². The van der Waals surface area contributed by atoms with Gasteiger partial charge in [-0.1, -0.05) is 54.4 Å². The van der Waals surface area contributed by atoms with Crippen LogP contribution in [0.15, 0.2) is 34.5 Å². The summed E-state index contributed by atoms with van der Waals surface area (Å²) in [5, 5.41) is 1.50. The van der Waals surface area contributed by atoms with Crippen molar-refractivity contribution in [3.63, 3.8) is 0 Å². The average Bonchev–Trinajstić information content (AvgIpc) is 2.86. The van der Waals surface area contributed by atoms with Gasteiger partial charge in [-0.15, -0.1) is 0 Å². The summed E-state index contributed by atoms with van der Waals surface area (Å²) in [5.41, 5.74) is 2.28. The highest BCUT2D eigenvalue weighted by molar-refractivity contribution is 9.10. The number of ketones is 2. The summed E-state index contributed by atoms with van der Waals surface area (Å²) in [7, 11) is 0. The van der Waals surface area contributed by atoms with Gasteiger partial charge in [0.2, 0.25) is 0 Å².